The van der Waals surface area contributed by atoms with Crippen LogP contribution in [0.3, 0.4) is 0 Å². The summed E-state index contributed by atoms with van der Waals surface area (Å²) in [5, 5.41) is 7.31. The monoisotopic (exact) mass is 386 g/mol. The number of hydrogen-bond acceptors (Lipinski definition) is 3. The van der Waals surface area contributed by atoms with Gasteiger partial charge in [0.2, 0.25) is 0 Å². The van der Waals surface area contributed by atoms with E-state index in [0.29, 0.717) is 11.0 Å². The van der Waals surface area contributed by atoms with Crippen LogP contribution < -0.4 is 20.1 Å². The number of rotatable bonds is 8. The minimum absolute atomic E-state index is 0.131. The third-order valence-electron chi connectivity index (χ3n) is 3.99. The van der Waals surface area contributed by atoms with Crippen LogP contribution in [0.4, 0.5) is 5.69 Å². The molecule has 0 aliphatic carbocycles. The van der Waals surface area contributed by atoms with E-state index in [0.717, 1.165) is 23.6 Å². The number of anilines is 1. The molecule has 2 aromatic carbocycles. The third-order valence-corrected chi connectivity index (χ3v) is 4.21. The van der Waals surface area contributed by atoms with Gasteiger partial charge in [0.15, 0.2) is 5.11 Å². The maximum atomic E-state index is 5.75. The second-order valence-electron chi connectivity index (χ2n) is 7.25. The summed E-state index contributed by atoms with van der Waals surface area (Å²) in [7, 11) is 1.68. The van der Waals surface area contributed by atoms with Gasteiger partial charge in [0, 0.05) is 11.8 Å². The minimum atomic E-state index is 0.131. The van der Waals surface area contributed by atoms with Crippen molar-refractivity contribution in [2.24, 2.45) is 5.92 Å². The van der Waals surface area contributed by atoms with Crippen LogP contribution >= 0.6 is 12.2 Å². The predicted octanol–water partition coefficient (Wildman–Crippen LogP) is 5.56. The maximum Gasteiger partial charge on any atom is 0.171 e. The molecule has 0 heterocycles. The molecule has 27 heavy (non-hydrogen) atoms. The summed E-state index contributed by atoms with van der Waals surface area (Å²) >= 11 is 5.56. The van der Waals surface area contributed by atoms with Gasteiger partial charge in [-0.2, -0.15) is 0 Å². The molecular weight excluding hydrogens is 356 g/mol. The zero-order valence-electron chi connectivity index (χ0n) is 16.8. The van der Waals surface area contributed by atoms with Crippen LogP contribution in [0, 0.1) is 5.92 Å². The first-order valence-electron chi connectivity index (χ1n) is 9.35. The van der Waals surface area contributed by atoms with Crippen LogP contribution in [0.2, 0.25) is 0 Å². The number of nitrogens with one attached hydrogen (secondary N) is 2. The molecule has 2 aromatic rings. The SMILES string of the molecule is COc1ccc([C@@H](CC(C)C)NC(=S)Nc2cccc(OC(C)C)c2)cc1. The fraction of sp³-hybridized carbons (Fsp3) is 0.409. The number of ether oxygens (including phenoxy) is 2. The Balaban J connectivity index is 2.06. The quantitative estimate of drug-likeness (QED) is 0.582. The topological polar surface area (TPSA) is 42.5 Å². The van der Waals surface area contributed by atoms with E-state index in [-0.39, 0.29) is 12.1 Å². The van der Waals surface area contributed by atoms with Gasteiger partial charge in [-0.05, 0) is 68.2 Å². The van der Waals surface area contributed by atoms with Crippen LogP contribution in [0.25, 0.3) is 0 Å². The summed E-state index contributed by atoms with van der Waals surface area (Å²) in [6.07, 6.45) is 1.11. The van der Waals surface area contributed by atoms with Crippen molar-refractivity contribution in [1.82, 2.24) is 5.32 Å². The first-order valence-corrected chi connectivity index (χ1v) is 9.76. The Morgan fingerprint density at radius 1 is 1.00 bits per heavy atom. The van der Waals surface area contributed by atoms with Crippen molar-refractivity contribution in [1.29, 1.82) is 0 Å². The van der Waals surface area contributed by atoms with Crippen LogP contribution in [-0.4, -0.2) is 18.3 Å². The van der Waals surface area contributed by atoms with Gasteiger partial charge in [-0.25, -0.2) is 0 Å². The highest BCUT2D eigenvalue weighted by Crippen LogP contribution is 2.24. The summed E-state index contributed by atoms with van der Waals surface area (Å²) in [6.45, 7) is 8.44. The lowest BCUT2D eigenvalue weighted by atomic mass is 9.97. The lowest BCUT2D eigenvalue weighted by Crippen LogP contribution is -2.33. The van der Waals surface area contributed by atoms with Crippen molar-refractivity contribution in [3.05, 3.63) is 54.1 Å². The second kappa shape index (κ2) is 10.2. The maximum absolute atomic E-state index is 5.75. The average molecular weight is 387 g/mol. The van der Waals surface area contributed by atoms with E-state index >= 15 is 0 Å². The van der Waals surface area contributed by atoms with Gasteiger partial charge in [0.25, 0.3) is 0 Å². The molecule has 2 rings (SSSR count). The van der Waals surface area contributed by atoms with Gasteiger partial charge in [0.1, 0.15) is 11.5 Å². The molecule has 0 spiro atoms. The Bertz CT molecular complexity index is 729. The molecule has 0 aliphatic heterocycles. The van der Waals surface area contributed by atoms with E-state index in [2.05, 4.69) is 36.6 Å². The minimum Gasteiger partial charge on any atom is -0.497 e. The zero-order valence-corrected chi connectivity index (χ0v) is 17.6. The molecule has 0 fully saturated rings. The molecule has 0 aromatic heterocycles. The number of methoxy groups -OCH3 is 1. The fourth-order valence-electron chi connectivity index (χ4n) is 2.83. The van der Waals surface area contributed by atoms with E-state index in [4.69, 9.17) is 21.7 Å². The highest BCUT2D eigenvalue weighted by atomic mass is 32.1. The van der Waals surface area contributed by atoms with E-state index in [1.807, 2.05) is 50.2 Å². The largest absolute Gasteiger partial charge is 0.497 e. The highest BCUT2D eigenvalue weighted by Gasteiger charge is 2.15. The lowest BCUT2D eigenvalue weighted by Gasteiger charge is -2.23. The van der Waals surface area contributed by atoms with Gasteiger partial charge in [-0.15, -0.1) is 0 Å². The smallest absolute Gasteiger partial charge is 0.171 e. The van der Waals surface area contributed by atoms with Crippen LogP contribution in [0.1, 0.15) is 45.7 Å². The Morgan fingerprint density at radius 2 is 1.70 bits per heavy atom. The third kappa shape index (κ3) is 7.10. The Labute approximate surface area is 168 Å². The van der Waals surface area contributed by atoms with E-state index in [1.54, 1.807) is 7.11 Å². The zero-order chi connectivity index (χ0) is 19.8. The second-order valence-corrected chi connectivity index (χ2v) is 7.66. The molecule has 0 saturated heterocycles. The number of hydrogen-bond donors (Lipinski definition) is 2. The summed E-state index contributed by atoms with van der Waals surface area (Å²) in [5.74, 6) is 2.21. The molecule has 0 saturated carbocycles. The molecule has 0 radical (unpaired) electrons. The van der Waals surface area contributed by atoms with Crippen molar-refractivity contribution in [2.75, 3.05) is 12.4 Å². The predicted molar refractivity (Wildman–Crippen MR) is 117 cm³/mol. The molecule has 146 valence electrons. The van der Waals surface area contributed by atoms with Crippen molar-refractivity contribution in [3.8, 4) is 11.5 Å². The first kappa shape index (κ1) is 21.0. The highest BCUT2D eigenvalue weighted by molar-refractivity contribution is 7.80. The van der Waals surface area contributed by atoms with Gasteiger partial charge in [-0.1, -0.05) is 32.0 Å². The first-order chi connectivity index (χ1) is 12.9. The molecule has 4 nitrogen and oxygen atoms in total. The van der Waals surface area contributed by atoms with Gasteiger partial charge < -0.3 is 20.1 Å². The lowest BCUT2D eigenvalue weighted by molar-refractivity contribution is 0.242. The van der Waals surface area contributed by atoms with Crippen molar-refractivity contribution < 1.29 is 9.47 Å². The van der Waals surface area contributed by atoms with Crippen molar-refractivity contribution in [3.63, 3.8) is 0 Å². The van der Waals surface area contributed by atoms with Crippen molar-refractivity contribution >= 4 is 23.0 Å². The van der Waals surface area contributed by atoms with Gasteiger partial charge in [0.05, 0.1) is 19.3 Å². The van der Waals surface area contributed by atoms with Gasteiger partial charge in [-0.3, -0.25) is 0 Å². The Kier molecular flexibility index (Phi) is 7.92. The molecule has 0 unspecified atom stereocenters. The normalized spacial score (nSPS) is 12.0. The van der Waals surface area contributed by atoms with Crippen LogP contribution in [0.5, 0.6) is 11.5 Å². The molecule has 0 bridgehead atoms. The number of thiocarbonyl (C=S) groups is 1. The summed E-state index contributed by atoms with van der Waals surface area (Å²) < 4.78 is 11.0. The fourth-order valence-corrected chi connectivity index (χ4v) is 3.09. The molecule has 1 atom stereocenters. The van der Waals surface area contributed by atoms with Crippen LogP contribution in [-0.2, 0) is 0 Å². The van der Waals surface area contributed by atoms with Gasteiger partial charge >= 0.3 is 0 Å². The Hall–Kier alpha value is -2.27. The standard InChI is InChI=1S/C22H30N2O2S/c1-15(2)13-21(17-9-11-19(25-5)12-10-17)24-22(27)23-18-7-6-8-20(14-18)26-16(3)4/h6-12,14-16,21H,13H2,1-5H3,(H2,23,24,27)/t21-/m1/s1. The Morgan fingerprint density at radius 3 is 2.30 bits per heavy atom. The van der Waals surface area contributed by atoms with Crippen molar-refractivity contribution in [2.45, 2.75) is 46.3 Å². The van der Waals surface area contributed by atoms with E-state index < -0.39 is 0 Å². The molecule has 0 amide bonds. The molecular formula is C22H30N2O2S. The average Bonchev–Trinajstić information content (AvgIpc) is 2.60. The summed E-state index contributed by atoms with van der Waals surface area (Å²) in [5.41, 5.74) is 2.09. The van der Waals surface area contributed by atoms with E-state index in [1.165, 1.54) is 5.56 Å². The molecule has 5 heteroatoms. The van der Waals surface area contributed by atoms with Crippen LogP contribution in [0.15, 0.2) is 48.5 Å². The molecule has 0 aliphatic rings. The number of benzene rings is 2. The van der Waals surface area contributed by atoms with E-state index in [9.17, 15) is 0 Å². The summed E-state index contributed by atoms with van der Waals surface area (Å²) in [6, 6.07) is 16.1. The molecule has 2 N–H and O–H groups in total. The summed E-state index contributed by atoms with van der Waals surface area (Å²) in [4.78, 5) is 0.